The molecular formula is C19H24N2O2. The summed E-state index contributed by atoms with van der Waals surface area (Å²) in [6.07, 6.45) is 0. The molecule has 0 saturated heterocycles. The lowest BCUT2D eigenvalue weighted by atomic mass is 10.1. The molecule has 0 aliphatic heterocycles. The quantitative estimate of drug-likeness (QED) is 0.822. The minimum absolute atomic E-state index is 0.0258. The third-order valence-corrected chi connectivity index (χ3v) is 3.58. The first-order chi connectivity index (χ1) is 11.1. The minimum atomic E-state index is -0.310. The highest BCUT2D eigenvalue weighted by atomic mass is 16.5. The molecule has 0 spiro atoms. The number of ether oxygens (including phenoxy) is 1. The molecule has 4 heteroatoms. The topological polar surface area (TPSA) is 50.4 Å². The van der Waals surface area contributed by atoms with Gasteiger partial charge in [-0.05, 0) is 50.1 Å². The number of hydrogen-bond donors (Lipinski definition) is 2. The number of hydrogen-bond acceptors (Lipinski definition) is 3. The lowest BCUT2D eigenvalue weighted by Gasteiger charge is -2.17. The van der Waals surface area contributed by atoms with E-state index >= 15 is 0 Å². The molecule has 0 radical (unpaired) electrons. The Bertz CT molecular complexity index is 641. The van der Waals surface area contributed by atoms with E-state index in [4.69, 9.17) is 4.74 Å². The van der Waals surface area contributed by atoms with Crippen molar-refractivity contribution in [1.29, 1.82) is 0 Å². The summed E-state index contributed by atoms with van der Waals surface area (Å²) in [4.78, 5) is 12.2. The van der Waals surface area contributed by atoms with Gasteiger partial charge in [0.15, 0.2) is 0 Å². The van der Waals surface area contributed by atoms with Gasteiger partial charge in [-0.15, -0.1) is 0 Å². The molecular weight excluding hydrogens is 288 g/mol. The maximum atomic E-state index is 12.2. The van der Waals surface area contributed by atoms with Crippen LogP contribution in [0.5, 0.6) is 5.75 Å². The van der Waals surface area contributed by atoms with E-state index in [1.165, 1.54) is 0 Å². The fourth-order valence-corrected chi connectivity index (χ4v) is 2.29. The lowest BCUT2D eigenvalue weighted by Crippen LogP contribution is -2.37. The molecule has 2 aromatic rings. The van der Waals surface area contributed by atoms with Gasteiger partial charge in [0.1, 0.15) is 11.8 Å². The zero-order valence-electron chi connectivity index (χ0n) is 13.9. The summed E-state index contributed by atoms with van der Waals surface area (Å²) in [5.41, 5.74) is 3.08. The first kappa shape index (κ1) is 16.9. The highest BCUT2D eigenvalue weighted by molar-refractivity contribution is 5.84. The molecule has 0 saturated carbocycles. The largest absolute Gasteiger partial charge is 0.494 e. The van der Waals surface area contributed by atoms with Crippen molar-refractivity contribution in [1.82, 2.24) is 5.32 Å². The maximum Gasteiger partial charge on any atom is 0.242 e. The number of anilines is 1. The fraction of sp³-hybridized carbons (Fsp3) is 0.316. The highest BCUT2D eigenvalue weighted by Crippen LogP contribution is 2.22. The number of benzene rings is 2. The Morgan fingerprint density at radius 3 is 2.57 bits per heavy atom. The van der Waals surface area contributed by atoms with Gasteiger partial charge < -0.3 is 15.4 Å². The van der Waals surface area contributed by atoms with Gasteiger partial charge in [-0.3, -0.25) is 4.79 Å². The minimum Gasteiger partial charge on any atom is -0.494 e. The Morgan fingerprint density at radius 2 is 1.91 bits per heavy atom. The SMILES string of the molecule is CCOc1ccc(NC(C)C(=O)NCc2ccccc2)c(C)c1. The van der Waals surface area contributed by atoms with Crippen molar-refractivity contribution in [2.24, 2.45) is 0 Å². The molecule has 0 aliphatic rings. The van der Waals surface area contributed by atoms with E-state index < -0.39 is 0 Å². The van der Waals surface area contributed by atoms with Gasteiger partial charge in [0.2, 0.25) is 5.91 Å². The molecule has 1 unspecified atom stereocenters. The highest BCUT2D eigenvalue weighted by Gasteiger charge is 2.13. The van der Waals surface area contributed by atoms with E-state index in [-0.39, 0.29) is 11.9 Å². The fourth-order valence-electron chi connectivity index (χ4n) is 2.29. The first-order valence-corrected chi connectivity index (χ1v) is 7.91. The third-order valence-electron chi connectivity index (χ3n) is 3.58. The first-order valence-electron chi connectivity index (χ1n) is 7.91. The van der Waals surface area contributed by atoms with Gasteiger partial charge in [0, 0.05) is 12.2 Å². The van der Waals surface area contributed by atoms with Crippen LogP contribution in [0.25, 0.3) is 0 Å². The summed E-state index contributed by atoms with van der Waals surface area (Å²) in [5.74, 6) is 0.818. The van der Waals surface area contributed by atoms with E-state index in [0.717, 1.165) is 22.6 Å². The number of carbonyl (C=O) groups is 1. The summed E-state index contributed by atoms with van der Waals surface area (Å²) in [6.45, 7) is 6.99. The molecule has 4 nitrogen and oxygen atoms in total. The van der Waals surface area contributed by atoms with Crippen molar-refractivity contribution in [2.45, 2.75) is 33.4 Å². The van der Waals surface area contributed by atoms with Crippen LogP contribution >= 0.6 is 0 Å². The molecule has 2 rings (SSSR count). The summed E-state index contributed by atoms with van der Waals surface area (Å²) >= 11 is 0. The average molecular weight is 312 g/mol. The van der Waals surface area contributed by atoms with E-state index in [0.29, 0.717) is 13.2 Å². The Hall–Kier alpha value is -2.49. The van der Waals surface area contributed by atoms with Crippen molar-refractivity contribution in [3.05, 3.63) is 59.7 Å². The normalized spacial score (nSPS) is 11.6. The van der Waals surface area contributed by atoms with Gasteiger partial charge in [-0.1, -0.05) is 30.3 Å². The molecule has 2 aromatic carbocycles. The second kappa shape index (κ2) is 8.22. The molecule has 2 N–H and O–H groups in total. The van der Waals surface area contributed by atoms with Crippen LogP contribution < -0.4 is 15.4 Å². The number of nitrogens with one attached hydrogen (secondary N) is 2. The Balaban J connectivity index is 1.90. The number of amides is 1. The summed E-state index contributed by atoms with van der Waals surface area (Å²) in [7, 11) is 0. The van der Waals surface area contributed by atoms with Gasteiger partial charge in [0.05, 0.1) is 6.61 Å². The van der Waals surface area contributed by atoms with Gasteiger partial charge in [-0.25, -0.2) is 0 Å². The molecule has 0 fully saturated rings. The molecule has 122 valence electrons. The second-order valence-corrected chi connectivity index (χ2v) is 5.48. The van der Waals surface area contributed by atoms with Crippen LogP contribution in [0.2, 0.25) is 0 Å². The smallest absolute Gasteiger partial charge is 0.242 e. The zero-order chi connectivity index (χ0) is 16.7. The van der Waals surface area contributed by atoms with Crippen molar-refractivity contribution >= 4 is 11.6 Å². The lowest BCUT2D eigenvalue weighted by molar-refractivity contribution is -0.121. The van der Waals surface area contributed by atoms with Crippen LogP contribution in [0.15, 0.2) is 48.5 Å². The number of rotatable bonds is 7. The summed E-state index contributed by atoms with van der Waals surface area (Å²) in [6, 6.07) is 15.4. The van der Waals surface area contributed by atoms with Crippen LogP contribution in [-0.4, -0.2) is 18.6 Å². The number of aryl methyl sites for hydroxylation is 1. The Labute approximate surface area is 137 Å². The molecule has 0 heterocycles. The molecule has 1 amide bonds. The molecule has 0 bridgehead atoms. The van der Waals surface area contributed by atoms with Crippen molar-refractivity contribution in [2.75, 3.05) is 11.9 Å². The van der Waals surface area contributed by atoms with Crippen molar-refractivity contribution in [3.8, 4) is 5.75 Å². The van der Waals surface area contributed by atoms with Crippen LogP contribution in [-0.2, 0) is 11.3 Å². The second-order valence-electron chi connectivity index (χ2n) is 5.48. The third kappa shape index (κ3) is 5.02. The van der Waals surface area contributed by atoms with E-state index in [1.54, 1.807) is 0 Å². The summed E-state index contributed by atoms with van der Waals surface area (Å²) < 4.78 is 5.47. The molecule has 23 heavy (non-hydrogen) atoms. The van der Waals surface area contributed by atoms with Gasteiger partial charge >= 0.3 is 0 Å². The van der Waals surface area contributed by atoms with Crippen LogP contribution in [0, 0.1) is 6.92 Å². The molecule has 1 atom stereocenters. The van der Waals surface area contributed by atoms with Crippen LogP contribution in [0.4, 0.5) is 5.69 Å². The van der Waals surface area contributed by atoms with Crippen LogP contribution in [0.3, 0.4) is 0 Å². The van der Waals surface area contributed by atoms with Gasteiger partial charge in [-0.2, -0.15) is 0 Å². The maximum absolute atomic E-state index is 12.2. The average Bonchev–Trinajstić information content (AvgIpc) is 2.56. The van der Waals surface area contributed by atoms with Crippen molar-refractivity contribution < 1.29 is 9.53 Å². The monoisotopic (exact) mass is 312 g/mol. The van der Waals surface area contributed by atoms with Gasteiger partial charge in [0.25, 0.3) is 0 Å². The van der Waals surface area contributed by atoms with Crippen molar-refractivity contribution in [3.63, 3.8) is 0 Å². The van der Waals surface area contributed by atoms with E-state index in [2.05, 4.69) is 10.6 Å². The Kier molecular flexibility index (Phi) is 6.03. The van der Waals surface area contributed by atoms with Crippen LogP contribution in [0.1, 0.15) is 25.0 Å². The molecule has 0 aliphatic carbocycles. The van der Waals surface area contributed by atoms with E-state index in [9.17, 15) is 4.79 Å². The Morgan fingerprint density at radius 1 is 1.17 bits per heavy atom. The predicted octanol–water partition coefficient (Wildman–Crippen LogP) is 3.51. The van der Waals surface area contributed by atoms with E-state index in [1.807, 2.05) is 69.3 Å². The zero-order valence-corrected chi connectivity index (χ0v) is 13.9. The summed E-state index contributed by atoms with van der Waals surface area (Å²) in [5, 5.41) is 6.19. The standard InChI is InChI=1S/C19H24N2O2/c1-4-23-17-10-11-18(14(2)12-17)21-15(3)19(22)20-13-16-8-6-5-7-9-16/h5-12,15,21H,4,13H2,1-3H3,(H,20,22). The number of carbonyl (C=O) groups excluding carboxylic acids is 1. The predicted molar refractivity (Wildman–Crippen MR) is 93.7 cm³/mol. The molecule has 0 aromatic heterocycles.